The number of rotatable bonds is 12. The first-order valence-electron chi connectivity index (χ1n) is 15.4. The molecule has 2 aromatic rings. The number of carbonyl (C=O) groups is 4. The molecule has 0 radical (unpaired) electrons. The van der Waals surface area contributed by atoms with Crippen molar-refractivity contribution in [2.75, 3.05) is 32.8 Å². The van der Waals surface area contributed by atoms with Gasteiger partial charge in [-0.2, -0.15) is 0 Å². The molecule has 0 saturated carbocycles. The zero-order valence-corrected chi connectivity index (χ0v) is 26.5. The van der Waals surface area contributed by atoms with Crippen LogP contribution in [0, 0.1) is 0 Å². The maximum atomic E-state index is 13.7. The van der Waals surface area contributed by atoms with Crippen LogP contribution >= 0.6 is 0 Å². The zero-order valence-electron chi connectivity index (χ0n) is 26.5. The van der Waals surface area contributed by atoms with Crippen molar-refractivity contribution in [2.24, 2.45) is 0 Å². The van der Waals surface area contributed by atoms with Gasteiger partial charge in [-0.05, 0) is 65.5 Å². The summed E-state index contributed by atoms with van der Waals surface area (Å²) < 4.78 is 10.5. The Hall–Kier alpha value is -3.99. The number of nitrogens with one attached hydrogen (secondary N) is 1. The topological polar surface area (TPSA) is 138 Å². The van der Waals surface area contributed by atoms with Gasteiger partial charge in [-0.3, -0.25) is 19.4 Å². The Bertz CT molecular complexity index is 1270. The monoisotopic (exact) mass is 610 g/mol. The van der Waals surface area contributed by atoms with Gasteiger partial charge in [0, 0.05) is 49.4 Å². The molecule has 2 N–H and O–H groups in total. The smallest absolute Gasteiger partial charge is 0.409 e. The van der Waals surface area contributed by atoms with Gasteiger partial charge in [0.15, 0.2) is 0 Å². The highest BCUT2D eigenvalue weighted by Gasteiger charge is 2.31. The summed E-state index contributed by atoms with van der Waals surface area (Å²) in [7, 11) is 0. The fourth-order valence-electron chi connectivity index (χ4n) is 4.82. The lowest BCUT2D eigenvalue weighted by atomic mass is 10.0. The summed E-state index contributed by atoms with van der Waals surface area (Å²) in [5.41, 5.74) is 1.72. The van der Waals surface area contributed by atoms with E-state index in [2.05, 4.69) is 5.32 Å². The number of nitrogens with zero attached hydrogens (tertiary/aromatic N) is 3. The molecule has 1 aliphatic heterocycles. The second-order valence-corrected chi connectivity index (χ2v) is 11.9. The summed E-state index contributed by atoms with van der Waals surface area (Å²) in [5.74, 6) is -1.28. The third-order valence-electron chi connectivity index (χ3n) is 7.19. The normalized spacial score (nSPS) is 14.9. The summed E-state index contributed by atoms with van der Waals surface area (Å²) in [5, 5.41) is 13.0. The standard InChI is InChI=1S/C33H46N4O7/c1-6-26(38)14-13-25-21-24(22-28(34-25)23-11-9-8-10-12-23)30(40)35-27(15-16-29(39)44-33(3,4)5)31(41)36-17-19-37(20-18-36)32(42)43-7-2/h8-12,21-22,26-27,38H,6-7,13-20H2,1-5H3,(H,35,40). The second-order valence-electron chi connectivity index (χ2n) is 11.9. The third kappa shape index (κ3) is 10.6. The Morgan fingerprint density at radius 3 is 2.25 bits per heavy atom. The van der Waals surface area contributed by atoms with E-state index < -0.39 is 35.7 Å². The molecule has 2 heterocycles. The molecular formula is C33H46N4O7. The van der Waals surface area contributed by atoms with Crippen LogP contribution in [0.15, 0.2) is 42.5 Å². The lowest BCUT2D eigenvalue weighted by Gasteiger charge is -2.36. The van der Waals surface area contributed by atoms with Gasteiger partial charge in [-0.1, -0.05) is 37.3 Å². The summed E-state index contributed by atoms with van der Waals surface area (Å²) in [4.78, 5) is 60.0. The van der Waals surface area contributed by atoms with E-state index in [1.165, 1.54) is 0 Å². The van der Waals surface area contributed by atoms with Crippen LogP contribution in [0.2, 0.25) is 0 Å². The van der Waals surface area contributed by atoms with E-state index in [9.17, 15) is 24.3 Å². The van der Waals surface area contributed by atoms with Crippen molar-refractivity contribution in [1.29, 1.82) is 0 Å². The van der Waals surface area contributed by atoms with Crippen molar-refractivity contribution >= 4 is 23.9 Å². The predicted molar refractivity (Wildman–Crippen MR) is 166 cm³/mol. The molecule has 11 heteroatoms. The van der Waals surface area contributed by atoms with Crippen LogP contribution in [0.3, 0.4) is 0 Å². The van der Waals surface area contributed by atoms with Crippen LogP contribution < -0.4 is 5.32 Å². The third-order valence-corrected chi connectivity index (χ3v) is 7.19. The molecule has 1 aromatic heterocycles. The van der Waals surface area contributed by atoms with Crippen molar-refractivity contribution in [3.05, 3.63) is 53.7 Å². The van der Waals surface area contributed by atoms with Crippen LogP contribution in [-0.2, 0) is 25.5 Å². The molecule has 240 valence electrons. The molecule has 1 saturated heterocycles. The number of esters is 1. The van der Waals surface area contributed by atoms with Gasteiger partial charge in [0.25, 0.3) is 5.91 Å². The fourth-order valence-corrected chi connectivity index (χ4v) is 4.82. The molecule has 2 atom stereocenters. The molecule has 0 bridgehead atoms. The fraction of sp³-hybridized carbons (Fsp3) is 0.545. The lowest BCUT2D eigenvalue weighted by molar-refractivity contribution is -0.155. The van der Waals surface area contributed by atoms with Gasteiger partial charge in [-0.15, -0.1) is 0 Å². The number of aryl methyl sites for hydroxylation is 1. The quantitative estimate of drug-likeness (QED) is 0.344. The van der Waals surface area contributed by atoms with E-state index in [1.54, 1.807) is 49.6 Å². The molecule has 0 spiro atoms. The van der Waals surface area contributed by atoms with Crippen LogP contribution in [0.1, 0.15) is 76.4 Å². The van der Waals surface area contributed by atoms with E-state index in [-0.39, 0.29) is 38.4 Å². The number of hydrogen-bond acceptors (Lipinski definition) is 8. The number of aliphatic hydroxyl groups excluding tert-OH is 1. The van der Waals surface area contributed by atoms with Gasteiger partial charge in [-0.25, -0.2) is 4.79 Å². The number of piperazine rings is 1. The number of aliphatic hydroxyl groups is 1. The molecule has 2 unspecified atom stereocenters. The number of amides is 3. The van der Waals surface area contributed by atoms with E-state index in [4.69, 9.17) is 14.5 Å². The Labute approximate surface area is 259 Å². The van der Waals surface area contributed by atoms with Gasteiger partial charge in [0.2, 0.25) is 5.91 Å². The minimum atomic E-state index is -0.997. The van der Waals surface area contributed by atoms with Crippen molar-refractivity contribution in [3.63, 3.8) is 0 Å². The van der Waals surface area contributed by atoms with Crippen LogP contribution in [0.5, 0.6) is 0 Å². The largest absolute Gasteiger partial charge is 0.460 e. The van der Waals surface area contributed by atoms with Gasteiger partial charge in [0.05, 0.1) is 18.4 Å². The average Bonchev–Trinajstić information content (AvgIpc) is 3.01. The van der Waals surface area contributed by atoms with Crippen LogP contribution in [0.25, 0.3) is 11.3 Å². The summed E-state index contributed by atoms with van der Waals surface area (Å²) >= 11 is 0. The van der Waals surface area contributed by atoms with Crippen molar-refractivity contribution in [3.8, 4) is 11.3 Å². The summed E-state index contributed by atoms with van der Waals surface area (Å²) in [6, 6.07) is 11.8. The molecular weight excluding hydrogens is 564 g/mol. The Morgan fingerprint density at radius 2 is 1.64 bits per heavy atom. The van der Waals surface area contributed by atoms with Gasteiger partial charge < -0.3 is 29.7 Å². The van der Waals surface area contributed by atoms with E-state index in [1.807, 2.05) is 37.3 Å². The molecule has 3 rings (SSSR count). The number of benzene rings is 1. The predicted octanol–water partition coefficient (Wildman–Crippen LogP) is 3.97. The average molecular weight is 611 g/mol. The molecule has 1 aromatic carbocycles. The lowest BCUT2D eigenvalue weighted by Crippen LogP contribution is -2.56. The van der Waals surface area contributed by atoms with E-state index >= 15 is 0 Å². The molecule has 3 amide bonds. The molecule has 11 nitrogen and oxygen atoms in total. The number of carbonyl (C=O) groups excluding carboxylic acids is 4. The highest BCUT2D eigenvalue weighted by Crippen LogP contribution is 2.21. The number of aromatic nitrogens is 1. The number of ether oxygens (including phenoxy) is 2. The Balaban J connectivity index is 1.83. The van der Waals surface area contributed by atoms with Crippen molar-refractivity contribution < 1.29 is 33.8 Å². The van der Waals surface area contributed by atoms with Gasteiger partial charge in [0.1, 0.15) is 11.6 Å². The Kier molecular flexibility index (Phi) is 12.7. The molecule has 1 aliphatic rings. The molecule has 44 heavy (non-hydrogen) atoms. The maximum absolute atomic E-state index is 13.7. The second kappa shape index (κ2) is 16.2. The minimum absolute atomic E-state index is 0.0454. The highest BCUT2D eigenvalue weighted by atomic mass is 16.6. The van der Waals surface area contributed by atoms with Crippen molar-refractivity contribution in [1.82, 2.24) is 20.1 Å². The molecule has 0 aliphatic carbocycles. The maximum Gasteiger partial charge on any atom is 0.409 e. The first-order valence-corrected chi connectivity index (χ1v) is 15.4. The minimum Gasteiger partial charge on any atom is -0.460 e. The first-order chi connectivity index (χ1) is 20.9. The van der Waals surface area contributed by atoms with Gasteiger partial charge >= 0.3 is 12.1 Å². The van der Waals surface area contributed by atoms with Crippen LogP contribution in [0.4, 0.5) is 4.79 Å². The van der Waals surface area contributed by atoms with E-state index in [0.29, 0.717) is 49.3 Å². The SMILES string of the molecule is CCOC(=O)N1CCN(C(=O)C(CCC(=O)OC(C)(C)C)NC(=O)c2cc(CCC(O)CC)nc(-c3ccccc3)c2)CC1. The summed E-state index contributed by atoms with van der Waals surface area (Å²) in [6.45, 7) is 10.3. The van der Waals surface area contributed by atoms with Crippen molar-refractivity contribution in [2.45, 2.75) is 84.5 Å². The first kappa shape index (κ1) is 34.5. The molecule has 1 fully saturated rings. The van der Waals surface area contributed by atoms with E-state index in [0.717, 1.165) is 5.56 Å². The van der Waals surface area contributed by atoms with Crippen LogP contribution in [-0.4, -0.2) is 94.3 Å². The zero-order chi connectivity index (χ0) is 32.3. The Morgan fingerprint density at radius 1 is 0.977 bits per heavy atom. The summed E-state index contributed by atoms with van der Waals surface area (Å²) in [6.07, 6.45) is 0.657. The highest BCUT2D eigenvalue weighted by molar-refractivity contribution is 5.98. The number of pyridine rings is 1. The number of hydrogen-bond donors (Lipinski definition) is 2.